The van der Waals surface area contributed by atoms with Crippen molar-refractivity contribution in [1.82, 2.24) is 14.9 Å². The Bertz CT molecular complexity index is 696. The maximum atomic E-state index is 12.0. The van der Waals surface area contributed by atoms with Gasteiger partial charge in [-0.05, 0) is 18.8 Å². The number of aromatic nitrogens is 2. The molecule has 0 amide bonds. The highest BCUT2D eigenvalue weighted by Crippen LogP contribution is 2.29. The Labute approximate surface area is 147 Å². The molecule has 0 aliphatic carbocycles. The summed E-state index contributed by atoms with van der Waals surface area (Å²) in [5.41, 5.74) is -1.15. The van der Waals surface area contributed by atoms with Crippen molar-refractivity contribution in [3.63, 3.8) is 0 Å². The molecule has 0 saturated carbocycles. The van der Waals surface area contributed by atoms with Gasteiger partial charge in [-0.1, -0.05) is 20.8 Å². The lowest BCUT2D eigenvalue weighted by Crippen LogP contribution is -2.49. The molecule has 2 N–H and O–H groups in total. The normalized spacial score (nSPS) is 24.3. The summed E-state index contributed by atoms with van der Waals surface area (Å²) in [5, 5.41) is 12.7. The number of rotatable bonds is 4. The van der Waals surface area contributed by atoms with E-state index in [2.05, 4.69) is 35.6 Å². The van der Waals surface area contributed by atoms with Gasteiger partial charge in [0.05, 0.1) is 0 Å². The lowest BCUT2D eigenvalue weighted by molar-refractivity contribution is -0.141. The molecule has 3 heterocycles. The third-order valence-electron chi connectivity index (χ3n) is 4.72. The minimum Gasteiger partial charge on any atom is -0.479 e. The van der Waals surface area contributed by atoms with E-state index in [-0.39, 0.29) is 5.41 Å². The van der Waals surface area contributed by atoms with Gasteiger partial charge in [0, 0.05) is 50.0 Å². The summed E-state index contributed by atoms with van der Waals surface area (Å²) in [7, 11) is 0. The summed E-state index contributed by atoms with van der Waals surface area (Å²) >= 11 is 0. The van der Waals surface area contributed by atoms with Gasteiger partial charge >= 0.3 is 5.97 Å². The van der Waals surface area contributed by atoms with Crippen molar-refractivity contribution in [2.24, 2.45) is 10.9 Å². The Kier molecular flexibility index (Phi) is 4.69. The van der Waals surface area contributed by atoms with E-state index in [1.807, 2.05) is 6.20 Å². The topological polar surface area (TPSA) is 88.7 Å². The van der Waals surface area contributed by atoms with Gasteiger partial charge in [-0.3, -0.25) is 4.99 Å². The fourth-order valence-corrected chi connectivity index (χ4v) is 3.32. The van der Waals surface area contributed by atoms with Gasteiger partial charge in [0.25, 0.3) is 0 Å². The number of aliphatic carboxylic acids is 1. The molecule has 0 spiro atoms. The second kappa shape index (κ2) is 6.63. The van der Waals surface area contributed by atoms with Crippen LogP contribution in [0.25, 0.3) is 0 Å². The van der Waals surface area contributed by atoms with Crippen LogP contribution >= 0.6 is 0 Å². The Balaban J connectivity index is 1.99. The highest BCUT2D eigenvalue weighted by Gasteiger charge is 2.43. The number of ether oxygens (including phenoxy) is 1. The van der Waals surface area contributed by atoms with Gasteiger partial charge in [0.1, 0.15) is 11.5 Å². The lowest BCUT2D eigenvalue weighted by Gasteiger charge is -2.25. The molecule has 2 aliphatic rings. The van der Waals surface area contributed by atoms with Gasteiger partial charge in [0.2, 0.25) is 5.54 Å². The first-order valence-electron chi connectivity index (χ1n) is 8.69. The van der Waals surface area contributed by atoms with Crippen LogP contribution in [0.3, 0.4) is 0 Å². The number of nitrogens with zero attached hydrogens (tertiary/aromatic N) is 3. The summed E-state index contributed by atoms with van der Waals surface area (Å²) in [6.07, 6.45) is 8.38. The van der Waals surface area contributed by atoms with Crippen molar-refractivity contribution in [3.8, 4) is 0 Å². The van der Waals surface area contributed by atoms with Gasteiger partial charge in [-0.15, -0.1) is 0 Å². The van der Waals surface area contributed by atoms with Gasteiger partial charge < -0.3 is 19.7 Å². The standard InChI is InChI=1S/C18H26N4O3/c1-17(2,3)15-21-14(18(16(23)24)12-19-6-7-20-18)11-22(15)10-13-4-8-25-9-5-13/h6-7,11-13,20H,4-5,8-10H2,1-3H3,(H,23,24). The molecule has 7 heteroatoms. The van der Waals surface area contributed by atoms with E-state index in [0.29, 0.717) is 11.6 Å². The van der Waals surface area contributed by atoms with Crippen molar-refractivity contribution < 1.29 is 14.6 Å². The van der Waals surface area contributed by atoms with Crippen LogP contribution in [-0.2, 0) is 27.0 Å². The minimum atomic E-state index is -1.42. The molecule has 1 atom stereocenters. The van der Waals surface area contributed by atoms with Crippen LogP contribution in [0.2, 0.25) is 0 Å². The predicted octanol–water partition coefficient (Wildman–Crippen LogP) is 2.03. The Morgan fingerprint density at radius 3 is 2.72 bits per heavy atom. The van der Waals surface area contributed by atoms with Crippen molar-refractivity contribution in [2.45, 2.75) is 51.1 Å². The summed E-state index contributed by atoms with van der Waals surface area (Å²) < 4.78 is 7.56. The molecular formula is C18H26N4O3. The van der Waals surface area contributed by atoms with Crippen molar-refractivity contribution >= 4 is 12.2 Å². The molecule has 0 bridgehead atoms. The van der Waals surface area contributed by atoms with E-state index in [1.165, 1.54) is 12.4 Å². The van der Waals surface area contributed by atoms with E-state index >= 15 is 0 Å². The Hall–Kier alpha value is -2.15. The molecule has 1 aromatic heterocycles. The molecule has 1 fully saturated rings. The first-order valence-corrected chi connectivity index (χ1v) is 8.69. The van der Waals surface area contributed by atoms with Gasteiger partial charge in [-0.2, -0.15) is 0 Å². The molecule has 136 valence electrons. The smallest absolute Gasteiger partial charge is 0.341 e. The molecule has 7 nitrogen and oxygen atoms in total. The molecular weight excluding hydrogens is 320 g/mol. The summed E-state index contributed by atoms with van der Waals surface area (Å²) in [6, 6.07) is 0. The highest BCUT2D eigenvalue weighted by molar-refractivity contribution is 6.00. The first kappa shape index (κ1) is 17.7. The van der Waals surface area contributed by atoms with Crippen LogP contribution < -0.4 is 5.32 Å². The second-order valence-corrected chi connectivity index (χ2v) is 7.76. The van der Waals surface area contributed by atoms with E-state index in [9.17, 15) is 9.90 Å². The molecule has 3 rings (SSSR count). The zero-order valence-electron chi connectivity index (χ0n) is 15.0. The average molecular weight is 346 g/mol. The second-order valence-electron chi connectivity index (χ2n) is 7.76. The van der Waals surface area contributed by atoms with Crippen molar-refractivity contribution in [2.75, 3.05) is 13.2 Å². The predicted molar refractivity (Wildman–Crippen MR) is 94.6 cm³/mol. The van der Waals surface area contributed by atoms with E-state index < -0.39 is 11.5 Å². The lowest BCUT2D eigenvalue weighted by atomic mass is 9.94. The minimum absolute atomic E-state index is 0.190. The SMILES string of the molecule is CC(C)(C)c1nc(C2(C(=O)O)C=NC=CN2)cn1CC1CCOCC1. The highest BCUT2D eigenvalue weighted by atomic mass is 16.5. The average Bonchev–Trinajstić information content (AvgIpc) is 3.01. The van der Waals surface area contributed by atoms with Crippen LogP contribution in [0, 0.1) is 5.92 Å². The van der Waals surface area contributed by atoms with Gasteiger partial charge in [0.15, 0.2) is 0 Å². The van der Waals surface area contributed by atoms with Gasteiger partial charge in [-0.25, -0.2) is 9.78 Å². The molecule has 2 aliphatic heterocycles. The zero-order valence-corrected chi connectivity index (χ0v) is 15.0. The van der Waals surface area contributed by atoms with Crippen LogP contribution in [0.4, 0.5) is 0 Å². The maximum absolute atomic E-state index is 12.0. The number of hydrogen-bond donors (Lipinski definition) is 2. The number of hydrogen-bond acceptors (Lipinski definition) is 5. The molecule has 1 aromatic rings. The molecule has 1 saturated heterocycles. The largest absolute Gasteiger partial charge is 0.479 e. The number of aliphatic imine (C=N–C) groups is 1. The van der Waals surface area contributed by atoms with E-state index in [4.69, 9.17) is 9.72 Å². The Morgan fingerprint density at radius 2 is 2.16 bits per heavy atom. The summed E-state index contributed by atoms with van der Waals surface area (Å²) in [6.45, 7) is 8.68. The van der Waals surface area contributed by atoms with E-state index in [1.54, 1.807) is 6.20 Å². The molecule has 1 unspecified atom stereocenters. The molecule has 0 aromatic carbocycles. The fraction of sp³-hybridized carbons (Fsp3) is 0.611. The maximum Gasteiger partial charge on any atom is 0.341 e. The third-order valence-corrected chi connectivity index (χ3v) is 4.72. The summed E-state index contributed by atoms with van der Waals surface area (Å²) in [4.78, 5) is 20.7. The van der Waals surface area contributed by atoms with Crippen molar-refractivity contribution in [3.05, 3.63) is 30.1 Å². The number of carboxylic acid groups (broad SMARTS) is 1. The number of imidazole rings is 1. The number of nitrogens with one attached hydrogen (secondary N) is 1. The monoisotopic (exact) mass is 346 g/mol. The first-order chi connectivity index (χ1) is 11.8. The third kappa shape index (κ3) is 3.46. The van der Waals surface area contributed by atoms with Crippen LogP contribution in [0.5, 0.6) is 0 Å². The van der Waals surface area contributed by atoms with Crippen LogP contribution in [-0.4, -0.2) is 40.1 Å². The van der Waals surface area contributed by atoms with E-state index in [0.717, 1.165) is 38.4 Å². The van der Waals surface area contributed by atoms with Crippen molar-refractivity contribution in [1.29, 1.82) is 0 Å². The zero-order chi connectivity index (χ0) is 18.1. The van der Waals surface area contributed by atoms with Crippen LogP contribution in [0.1, 0.15) is 45.1 Å². The molecule has 0 radical (unpaired) electrons. The van der Waals surface area contributed by atoms with Crippen LogP contribution in [0.15, 0.2) is 23.6 Å². The number of carboxylic acids is 1. The summed E-state index contributed by atoms with van der Waals surface area (Å²) in [5.74, 6) is 0.390. The number of carbonyl (C=O) groups is 1. The quantitative estimate of drug-likeness (QED) is 0.871. The molecule has 25 heavy (non-hydrogen) atoms. The Morgan fingerprint density at radius 1 is 1.44 bits per heavy atom. The fourth-order valence-electron chi connectivity index (χ4n) is 3.32.